The van der Waals surface area contributed by atoms with Crippen LogP contribution in [0.15, 0.2) is 97.2 Å². The van der Waals surface area contributed by atoms with E-state index in [4.69, 9.17) is 4.74 Å². The Morgan fingerprint density at radius 2 is 1.76 bits per heavy atom. The smallest absolute Gasteiger partial charge is 0.269 e. The molecule has 9 heteroatoms. The third kappa shape index (κ3) is 5.46. The molecular weight excluding hydrogens is 487 g/mol. The second kappa shape index (κ2) is 10.8. The molecule has 0 N–H and O–H groups in total. The third-order valence-corrected chi connectivity index (χ3v) is 5.95. The van der Waals surface area contributed by atoms with Crippen LogP contribution in [-0.4, -0.2) is 25.7 Å². The second-order valence-corrected chi connectivity index (χ2v) is 8.49. The number of nitrogens with zero attached hydrogens (tertiary/aromatic N) is 4. The third-order valence-electron chi connectivity index (χ3n) is 5.95. The van der Waals surface area contributed by atoms with E-state index in [9.17, 15) is 19.3 Å². The van der Waals surface area contributed by atoms with Crippen LogP contribution in [0, 0.1) is 15.9 Å². The van der Waals surface area contributed by atoms with Crippen molar-refractivity contribution in [1.29, 1.82) is 0 Å². The van der Waals surface area contributed by atoms with E-state index in [0.29, 0.717) is 28.1 Å². The highest BCUT2D eigenvalue weighted by molar-refractivity contribution is 6.08. The summed E-state index contributed by atoms with van der Waals surface area (Å²) in [4.78, 5) is 23.1. The van der Waals surface area contributed by atoms with Gasteiger partial charge in [0.1, 0.15) is 23.9 Å². The molecule has 0 aliphatic carbocycles. The number of nitro groups is 1. The number of allylic oxidation sites excluding steroid dienone is 1. The highest BCUT2D eigenvalue weighted by atomic mass is 19.1. The predicted molar refractivity (Wildman–Crippen MR) is 140 cm³/mol. The number of non-ortho nitro benzene ring substituents is 1. The van der Waals surface area contributed by atoms with Crippen LogP contribution in [0.1, 0.15) is 27.2 Å². The summed E-state index contributed by atoms with van der Waals surface area (Å²) in [7, 11) is 0. The Morgan fingerprint density at radius 3 is 2.55 bits per heavy atom. The molecule has 188 valence electrons. The Balaban J connectivity index is 1.36. The van der Waals surface area contributed by atoms with Gasteiger partial charge >= 0.3 is 0 Å². The number of carbonyl (C=O) groups is 1. The zero-order valence-electron chi connectivity index (χ0n) is 20.0. The molecule has 0 amide bonds. The van der Waals surface area contributed by atoms with Gasteiger partial charge in [-0.25, -0.2) is 9.07 Å². The van der Waals surface area contributed by atoms with Crippen molar-refractivity contribution in [2.24, 2.45) is 0 Å². The average molecular weight is 509 g/mol. The summed E-state index contributed by atoms with van der Waals surface area (Å²) in [5.41, 5.74) is 2.02. The molecule has 0 saturated carbocycles. The number of fused-ring (bicyclic) bond motifs is 1. The number of benzene rings is 4. The lowest BCUT2D eigenvalue weighted by molar-refractivity contribution is -0.384. The number of ketones is 1. The summed E-state index contributed by atoms with van der Waals surface area (Å²) in [5, 5.41) is 20.9. The zero-order chi connectivity index (χ0) is 26.5. The Hall–Kier alpha value is -5.18. The summed E-state index contributed by atoms with van der Waals surface area (Å²) in [6.45, 7) is 0.362. The molecule has 0 bridgehead atoms. The fraction of sp³-hybridized carbons (Fsp3) is 0.0690. The largest absolute Gasteiger partial charge is 0.487 e. The van der Waals surface area contributed by atoms with Crippen molar-refractivity contribution in [3.8, 4) is 5.75 Å². The number of carbonyl (C=O) groups excluding carboxylic acids is 1. The summed E-state index contributed by atoms with van der Waals surface area (Å²) < 4.78 is 21.6. The topological polar surface area (TPSA) is 100 Å². The van der Waals surface area contributed by atoms with Crippen LogP contribution in [0.2, 0.25) is 0 Å². The molecule has 5 rings (SSSR count). The maximum absolute atomic E-state index is 14.0. The van der Waals surface area contributed by atoms with Crippen LogP contribution in [0.5, 0.6) is 5.75 Å². The van der Waals surface area contributed by atoms with Gasteiger partial charge in [0, 0.05) is 28.8 Å². The predicted octanol–water partition coefficient (Wildman–Crippen LogP) is 6.00. The van der Waals surface area contributed by atoms with E-state index in [0.717, 1.165) is 10.8 Å². The number of rotatable bonds is 9. The summed E-state index contributed by atoms with van der Waals surface area (Å²) in [6, 6.07) is 23.4. The molecule has 0 radical (unpaired) electrons. The monoisotopic (exact) mass is 508 g/mol. The van der Waals surface area contributed by atoms with Crippen LogP contribution in [-0.2, 0) is 13.2 Å². The Morgan fingerprint density at radius 1 is 1.00 bits per heavy atom. The maximum atomic E-state index is 14.0. The van der Waals surface area contributed by atoms with E-state index in [1.807, 2.05) is 36.4 Å². The molecule has 1 aromatic heterocycles. The second-order valence-electron chi connectivity index (χ2n) is 8.49. The van der Waals surface area contributed by atoms with E-state index in [1.165, 1.54) is 36.4 Å². The average Bonchev–Trinajstić information content (AvgIpc) is 3.39. The molecular formula is C29H21FN4O4. The summed E-state index contributed by atoms with van der Waals surface area (Å²) in [5.74, 6) is -0.0633. The molecule has 8 nitrogen and oxygen atoms in total. The van der Waals surface area contributed by atoms with E-state index < -0.39 is 4.92 Å². The van der Waals surface area contributed by atoms with Crippen molar-refractivity contribution < 1.29 is 18.8 Å². The van der Waals surface area contributed by atoms with Crippen molar-refractivity contribution in [2.75, 3.05) is 0 Å². The first-order valence-corrected chi connectivity index (χ1v) is 11.7. The van der Waals surface area contributed by atoms with E-state index in [2.05, 4.69) is 10.3 Å². The SMILES string of the molecule is O=C(/C=C/c1c(OCc2cn(Cc3ccccc3F)nn2)ccc2ccccc12)c1ccc([N+](=O)[O-])cc1. The minimum atomic E-state index is -0.512. The van der Waals surface area contributed by atoms with Gasteiger partial charge in [-0.05, 0) is 47.2 Å². The molecule has 0 saturated heterocycles. The van der Waals surface area contributed by atoms with Gasteiger partial charge in [0.25, 0.3) is 5.69 Å². The molecule has 1 heterocycles. The minimum Gasteiger partial charge on any atom is -0.487 e. The van der Waals surface area contributed by atoms with Crippen LogP contribution >= 0.6 is 0 Å². The number of aromatic nitrogens is 3. The molecule has 0 atom stereocenters. The van der Waals surface area contributed by atoms with E-state index in [-0.39, 0.29) is 30.4 Å². The highest BCUT2D eigenvalue weighted by Crippen LogP contribution is 2.30. The van der Waals surface area contributed by atoms with Gasteiger partial charge in [0.2, 0.25) is 0 Å². The number of nitro benzene ring substituents is 1. The van der Waals surface area contributed by atoms with Crippen LogP contribution < -0.4 is 4.74 Å². The summed E-state index contributed by atoms with van der Waals surface area (Å²) >= 11 is 0. The molecule has 0 fully saturated rings. The molecule has 0 aliphatic rings. The van der Waals surface area contributed by atoms with Crippen molar-refractivity contribution in [2.45, 2.75) is 13.2 Å². The molecule has 5 aromatic rings. The van der Waals surface area contributed by atoms with Gasteiger partial charge in [-0.3, -0.25) is 14.9 Å². The van der Waals surface area contributed by atoms with Crippen LogP contribution in [0.3, 0.4) is 0 Å². The lowest BCUT2D eigenvalue weighted by Gasteiger charge is -2.11. The molecule has 0 aliphatic heterocycles. The van der Waals surface area contributed by atoms with Gasteiger partial charge in [-0.15, -0.1) is 5.10 Å². The Kier molecular flexibility index (Phi) is 6.99. The first-order chi connectivity index (χ1) is 18.5. The van der Waals surface area contributed by atoms with Crippen molar-refractivity contribution in [3.05, 3.63) is 136 Å². The van der Waals surface area contributed by atoms with Crippen molar-refractivity contribution >= 4 is 28.3 Å². The first-order valence-electron chi connectivity index (χ1n) is 11.7. The van der Waals surface area contributed by atoms with Gasteiger partial charge in [-0.1, -0.05) is 53.7 Å². The highest BCUT2D eigenvalue weighted by Gasteiger charge is 2.11. The fourth-order valence-electron chi connectivity index (χ4n) is 4.01. The lowest BCUT2D eigenvalue weighted by atomic mass is 10.0. The van der Waals surface area contributed by atoms with Crippen molar-refractivity contribution in [1.82, 2.24) is 15.0 Å². The van der Waals surface area contributed by atoms with Gasteiger partial charge < -0.3 is 4.74 Å². The van der Waals surface area contributed by atoms with Crippen LogP contribution in [0.4, 0.5) is 10.1 Å². The lowest BCUT2D eigenvalue weighted by Crippen LogP contribution is -2.02. The minimum absolute atomic E-state index is 0.0823. The molecule has 0 spiro atoms. The zero-order valence-corrected chi connectivity index (χ0v) is 20.0. The van der Waals surface area contributed by atoms with E-state index in [1.54, 1.807) is 35.2 Å². The quantitative estimate of drug-likeness (QED) is 0.105. The standard InChI is InChI=1S/C29H21FN4O4/c30-27-8-4-2-6-22(27)17-33-18-23(31-32-33)19-38-29-16-11-20-5-1-3-7-25(20)26(29)14-15-28(35)21-9-12-24(13-10-21)34(36)37/h1-16,18H,17,19H2/b15-14+. The number of hydrogen-bond acceptors (Lipinski definition) is 6. The van der Waals surface area contributed by atoms with Gasteiger partial charge in [-0.2, -0.15) is 0 Å². The number of halogens is 1. The normalized spacial score (nSPS) is 11.2. The molecule has 0 unspecified atom stereocenters. The van der Waals surface area contributed by atoms with Crippen molar-refractivity contribution in [3.63, 3.8) is 0 Å². The summed E-state index contributed by atoms with van der Waals surface area (Å²) in [6.07, 6.45) is 4.79. The van der Waals surface area contributed by atoms with E-state index >= 15 is 0 Å². The molecule has 38 heavy (non-hydrogen) atoms. The van der Waals surface area contributed by atoms with Gasteiger partial charge in [0.05, 0.1) is 17.7 Å². The Labute approximate surface area is 216 Å². The molecule has 4 aromatic carbocycles. The maximum Gasteiger partial charge on any atom is 0.269 e. The Bertz CT molecular complexity index is 1660. The fourth-order valence-corrected chi connectivity index (χ4v) is 4.01. The van der Waals surface area contributed by atoms with Crippen LogP contribution in [0.25, 0.3) is 16.8 Å². The van der Waals surface area contributed by atoms with Gasteiger partial charge in [0.15, 0.2) is 5.78 Å². The number of ether oxygens (including phenoxy) is 1. The first kappa shape index (κ1) is 24.5. The number of hydrogen-bond donors (Lipinski definition) is 0.